The Balaban J connectivity index is 2.01. The zero-order valence-electron chi connectivity index (χ0n) is 10.4. The Morgan fingerprint density at radius 2 is 1.45 bits per heavy atom. The molecule has 0 fully saturated rings. The van der Waals surface area contributed by atoms with Crippen molar-refractivity contribution in [3.63, 3.8) is 0 Å². The molecule has 0 unspecified atom stereocenters. The summed E-state index contributed by atoms with van der Waals surface area (Å²) in [7, 11) is 0. The molecule has 4 heteroatoms. The minimum absolute atomic E-state index is 0.392. The largest absolute Gasteiger partial charge is 0.454 e. The molecule has 2 nitrogen and oxygen atoms in total. The van der Waals surface area contributed by atoms with Crippen molar-refractivity contribution in [2.75, 3.05) is 5.73 Å². The van der Waals surface area contributed by atoms with E-state index in [1.54, 1.807) is 12.1 Å². The van der Waals surface area contributed by atoms with Crippen LogP contribution < -0.4 is 10.5 Å². The molecule has 0 radical (unpaired) electrons. The van der Waals surface area contributed by atoms with Crippen LogP contribution in [0.25, 0.3) is 10.8 Å². The molecule has 3 aromatic carbocycles. The highest BCUT2D eigenvalue weighted by Crippen LogP contribution is 2.38. The Bertz CT molecular complexity index is 763. The molecule has 20 heavy (non-hydrogen) atoms. The zero-order chi connectivity index (χ0) is 14.1. The van der Waals surface area contributed by atoms with E-state index in [0.717, 1.165) is 10.8 Å². The average Bonchev–Trinajstić information content (AvgIpc) is 2.42. The lowest BCUT2D eigenvalue weighted by Gasteiger charge is -2.11. The molecule has 0 aliphatic rings. The molecule has 3 aromatic rings. The van der Waals surface area contributed by atoms with Gasteiger partial charge in [0.25, 0.3) is 0 Å². The second-order valence-corrected chi connectivity index (χ2v) is 5.24. The molecule has 100 valence electrons. The summed E-state index contributed by atoms with van der Waals surface area (Å²) in [5, 5.41) is 3.02. The minimum atomic E-state index is 0.392. The Morgan fingerprint density at radius 3 is 2.15 bits per heavy atom. The third kappa shape index (κ3) is 2.53. The highest BCUT2D eigenvalue weighted by Gasteiger charge is 2.10. The lowest BCUT2D eigenvalue weighted by molar-refractivity contribution is 0.484. The maximum Gasteiger partial charge on any atom is 0.164 e. The van der Waals surface area contributed by atoms with Crippen LogP contribution in [0, 0.1) is 0 Å². The van der Waals surface area contributed by atoms with Gasteiger partial charge in [0.2, 0.25) is 0 Å². The number of hydrogen-bond donors (Lipinski definition) is 1. The minimum Gasteiger partial charge on any atom is -0.454 e. The van der Waals surface area contributed by atoms with Crippen LogP contribution >= 0.6 is 23.2 Å². The maximum atomic E-state index is 6.11. The number of rotatable bonds is 2. The third-order valence-electron chi connectivity index (χ3n) is 2.96. The van der Waals surface area contributed by atoms with E-state index in [9.17, 15) is 0 Å². The number of anilines is 1. The summed E-state index contributed by atoms with van der Waals surface area (Å²) in [6, 6.07) is 17.1. The van der Waals surface area contributed by atoms with Gasteiger partial charge in [-0.15, -0.1) is 0 Å². The van der Waals surface area contributed by atoms with E-state index in [1.165, 1.54) is 0 Å². The number of nitrogens with two attached hydrogens (primary N) is 1. The first-order chi connectivity index (χ1) is 9.63. The molecule has 0 amide bonds. The second-order valence-electron chi connectivity index (χ2n) is 4.42. The van der Waals surface area contributed by atoms with Gasteiger partial charge < -0.3 is 10.5 Å². The van der Waals surface area contributed by atoms with Crippen LogP contribution in [0.4, 0.5) is 5.69 Å². The summed E-state index contributed by atoms with van der Waals surface area (Å²) in [6.45, 7) is 0. The van der Waals surface area contributed by atoms with Crippen molar-refractivity contribution < 1.29 is 4.74 Å². The Labute approximate surface area is 126 Å². The van der Waals surface area contributed by atoms with Gasteiger partial charge in [-0.3, -0.25) is 0 Å². The highest BCUT2D eigenvalue weighted by molar-refractivity contribution is 6.37. The van der Waals surface area contributed by atoms with Gasteiger partial charge in [0.1, 0.15) is 5.75 Å². The average molecular weight is 304 g/mol. The smallest absolute Gasteiger partial charge is 0.164 e. The lowest BCUT2D eigenvalue weighted by Crippen LogP contribution is -1.90. The predicted octanol–water partition coefficient (Wildman–Crippen LogP) is 5.52. The molecule has 0 atom stereocenters. The topological polar surface area (TPSA) is 35.2 Å². The molecule has 0 aliphatic heterocycles. The fraction of sp³-hybridized carbons (Fsp3) is 0. The molecule has 0 bridgehead atoms. The molecule has 0 saturated carbocycles. The van der Waals surface area contributed by atoms with Crippen molar-refractivity contribution in [1.82, 2.24) is 0 Å². The van der Waals surface area contributed by atoms with Crippen molar-refractivity contribution in [2.45, 2.75) is 0 Å². The number of nitrogen functional groups attached to an aromatic ring is 1. The number of halogens is 2. The van der Waals surface area contributed by atoms with Gasteiger partial charge in [0, 0.05) is 5.69 Å². The van der Waals surface area contributed by atoms with Crippen molar-refractivity contribution in [2.24, 2.45) is 0 Å². The quantitative estimate of drug-likeness (QED) is 0.632. The van der Waals surface area contributed by atoms with E-state index in [-0.39, 0.29) is 0 Å². The monoisotopic (exact) mass is 303 g/mol. The maximum absolute atomic E-state index is 6.11. The molecule has 0 aliphatic carbocycles. The fourth-order valence-corrected chi connectivity index (χ4v) is 2.61. The SMILES string of the molecule is Nc1cc(Cl)c(Oc2ccc3ccccc3c2)c(Cl)c1. The fourth-order valence-electron chi connectivity index (χ4n) is 2.03. The van der Waals surface area contributed by atoms with Gasteiger partial charge in [0.05, 0.1) is 10.0 Å². The summed E-state index contributed by atoms with van der Waals surface area (Å²) in [6.07, 6.45) is 0. The van der Waals surface area contributed by atoms with Gasteiger partial charge in [-0.2, -0.15) is 0 Å². The van der Waals surface area contributed by atoms with Crippen molar-refractivity contribution >= 4 is 39.7 Å². The van der Waals surface area contributed by atoms with E-state index in [0.29, 0.717) is 27.2 Å². The first kappa shape index (κ1) is 13.1. The van der Waals surface area contributed by atoms with Crippen LogP contribution in [-0.2, 0) is 0 Å². The molecule has 0 saturated heterocycles. The summed E-state index contributed by atoms with van der Waals surface area (Å²) in [5.74, 6) is 1.09. The molecule has 0 heterocycles. The number of hydrogen-bond acceptors (Lipinski definition) is 2. The zero-order valence-corrected chi connectivity index (χ0v) is 11.9. The number of benzene rings is 3. The Morgan fingerprint density at radius 1 is 0.800 bits per heavy atom. The standard InChI is InChI=1S/C16H11Cl2NO/c17-14-8-12(19)9-15(18)16(14)20-13-6-5-10-3-1-2-4-11(10)7-13/h1-9H,19H2. The molecule has 0 spiro atoms. The highest BCUT2D eigenvalue weighted by atomic mass is 35.5. The molecule has 0 aromatic heterocycles. The molecule has 3 rings (SSSR count). The number of ether oxygens (including phenoxy) is 1. The van der Waals surface area contributed by atoms with Crippen LogP contribution in [0.3, 0.4) is 0 Å². The molecular weight excluding hydrogens is 293 g/mol. The van der Waals surface area contributed by atoms with Crippen molar-refractivity contribution in [3.05, 3.63) is 64.6 Å². The molecular formula is C16H11Cl2NO. The van der Waals surface area contributed by atoms with E-state index < -0.39 is 0 Å². The van der Waals surface area contributed by atoms with Crippen molar-refractivity contribution in [1.29, 1.82) is 0 Å². The summed E-state index contributed by atoms with van der Waals surface area (Å²) in [5.41, 5.74) is 6.18. The van der Waals surface area contributed by atoms with Crippen molar-refractivity contribution in [3.8, 4) is 11.5 Å². The number of fused-ring (bicyclic) bond motifs is 1. The first-order valence-electron chi connectivity index (χ1n) is 6.04. The van der Waals surface area contributed by atoms with Crippen LogP contribution in [0.15, 0.2) is 54.6 Å². The van der Waals surface area contributed by atoms with Crippen LogP contribution in [0.1, 0.15) is 0 Å². The predicted molar refractivity (Wildman–Crippen MR) is 84.9 cm³/mol. The van der Waals surface area contributed by atoms with Crippen LogP contribution in [0.5, 0.6) is 11.5 Å². The third-order valence-corrected chi connectivity index (χ3v) is 3.52. The summed E-state index contributed by atoms with van der Waals surface area (Å²) >= 11 is 12.2. The van der Waals surface area contributed by atoms with Gasteiger partial charge in [0.15, 0.2) is 5.75 Å². The molecule has 2 N–H and O–H groups in total. The van der Waals surface area contributed by atoms with Crippen LogP contribution in [-0.4, -0.2) is 0 Å². The van der Waals surface area contributed by atoms with Gasteiger partial charge in [-0.25, -0.2) is 0 Å². The van der Waals surface area contributed by atoms with E-state index in [4.69, 9.17) is 33.7 Å². The first-order valence-corrected chi connectivity index (χ1v) is 6.80. The lowest BCUT2D eigenvalue weighted by atomic mass is 10.1. The van der Waals surface area contributed by atoms with Gasteiger partial charge in [-0.1, -0.05) is 53.5 Å². The van der Waals surface area contributed by atoms with Gasteiger partial charge >= 0.3 is 0 Å². The van der Waals surface area contributed by atoms with E-state index >= 15 is 0 Å². The normalized spacial score (nSPS) is 10.7. The Kier molecular flexibility index (Phi) is 3.43. The van der Waals surface area contributed by atoms with Crippen LogP contribution in [0.2, 0.25) is 10.0 Å². The Hall–Kier alpha value is -1.90. The van der Waals surface area contributed by atoms with Gasteiger partial charge in [-0.05, 0) is 35.0 Å². The van der Waals surface area contributed by atoms with E-state index in [1.807, 2.05) is 42.5 Å². The summed E-state index contributed by atoms with van der Waals surface area (Å²) in [4.78, 5) is 0. The second kappa shape index (κ2) is 5.23. The summed E-state index contributed by atoms with van der Waals surface area (Å²) < 4.78 is 5.78. The van der Waals surface area contributed by atoms with E-state index in [2.05, 4.69) is 0 Å².